The van der Waals surface area contributed by atoms with Gasteiger partial charge in [0.15, 0.2) is 0 Å². The number of hydrogen-bond acceptors (Lipinski definition) is 5. The molecule has 0 saturated carbocycles. The zero-order valence-electron chi connectivity index (χ0n) is 8.01. The second-order valence-electron chi connectivity index (χ2n) is 2.39. The lowest BCUT2D eigenvalue weighted by Crippen LogP contribution is -2.00. The van der Waals surface area contributed by atoms with Gasteiger partial charge in [-0.15, -0.1) is 0 Å². The fourth-order valence-corrected chi connectivity index (χ4v) is 2.32. The summed E-state index contributed by atoms with van der Waals surface area (Å²) in [4.78, 5) is 4.17. The summed E-state index contributed by atoms with van der Waals surface area (Å²) < 4.78 is 10.1. The lowest BCUT2D eigenvalue weighted by molar-refractivity contribution is 0.0957. The van der Waals surface area contributed by atoms with E-state index in [2.05, 4.69) is 4.98 Å². The Kier molecular flexibility index (Phi) is 6.86. The van der Waals surface area contributed by atoms with Crippen molar-refractivity contribution in [2.75, 3.05) is 26.3 Å². The molecule has 0 N–H and O–H groups in total. The minimum Gasteiger partial charge on any atom is -0.382 e. The van der Waals surface area contributed by atoms with E-state index >= 15 is 0 Å². The molecule has 0 fully saturated rings. The van der Waals surface area contributed by atoms with Crippen molar-refractivity contribution < 1.29 is 9.47 Å². The Bertz CT molecular complexity index is 234. The molecular formula is C9H13NO2S2. The van der Waals surface area contributed by atoms with Gasteiger partial charge >= 0.3 is 0 Å². The molecule has 0 aliphatic carbocycles. The van der Waals surface area contributed by atoms with E-state index in [4.69, 9.17) is 9.47 Å². The molecule has 0 bridgehead atoms. The van der Waals surface area contributed by atoms with Gasteiger partial charge in [-0.2, -0.15) is 0 Å². The minimum absolute atomic E-state index is 0.645. The van der Waals surface area contributed by atoms with Crippen molar-refractivity contribution in [1.82, 2.24) is 4.98 Å². The highest BCUT2D eigenvalue weighted by Gasteiger charge is 1.94. The molecule has 0 spiro atoms. The van der Waals surface area contributed by atoms with Crippen molar-refractivity contribution in [2.45, 2.75) is 5.03 Å². The van der Waals surface area contributed by atoms with Crippen LogP contribution in [-0.2, 0) is 9.47 Å². The maximum absolute atomic E-state index is 5.29. The highest BCUT2D eigenvalue weighted by Crippen LogP contribution is 2.28. The van der Waals surface area contributed by atoms with E-state index in [0.717, 1.165) is 5.03 Å². The lowest BCUT2D eigenvalue weighted by Gasteiger charge is -2.01. The third kappa shape index (κ3) is 5.49. The van der Waals surface area contributed by atoms with E-state index < -0.39 is 0 Å². The molecule has 1 heterocycles. The van der Waals surface area contributed by atoms with Gasteiger partial charge in [0.25, 0.3) is 0 Å². The number of aromatic nitrogens is 1. The first-order valence-electron chi connectivity index (χ1n) is 4.20. The number of nitrogens with zero attached hydrogens (tertiary/aromatic N) is 1. The van der Waals surface area contributed by atoms with E-state index in [1.807, 2.05) is 18.2 Å². The molecule has 78 valence electrons. The average molecular weight is 231 g/mol. The Morgan fingerprint density at radius 1 is 1.36 bits per heavy atom. The first-order chi connectivity index (χ1) is 6.93. The van der Waals surface area contributed by atoms with Crippen molar-refractivity contribution in [3.63, 3.8) is 0 Å². The molecule has 0 radical (unpaired) electrons. The summed E-state index contributed by atoms with van der Waals surface area (Å²) in [5.41, 5.74) is 0. The average Bonchev–Trinajstić information content (AvgIpc) is 2.25. The van der Waals surface area contributed by atoms with Gasteiger partial charge in [-0.05, 0) is 22.9 Å². The fraction of sp³-hybridized carbons (Fsp3) is 0.444. The summed E-state index contributed by atoms with van der Waals surface area (Å²) >= 11 is 0. The quantitative estimate of drug-likeness (QED) is 0.409. The molecule has 0 atom stereocenters. The molecule has 0 aliphatic heterocycles. The van der Waals surface area contributed by atoms with Crippen molar-refractivity contribution in [2.24, 2.45) is 0 Å². The number of hydrogen-bond donors (Lipinski definition) is 0. The highest BCUT2D eigenvalue weighted by molar-refractivity contribution is 8.76. The molecule has 1 aromatic heterocycles. The van der Waals surface area contributed by atoms with Crippen molar-refractivity contribution in [1.29, 1.82) is 0 Å². The van der Waals surface area contributed by atoms with Crippen LogP contribution >= 0.6 is 21.6 Å². The topological polar surface area (TPSA) is 31.4 Å². The van der Waals surface area contributed by atoms with Gasteiger partial charge in [0, 0.05) is 13.3 Å². The van der Waals surface area contributed by atoms with Gasteiger partial charge in [-0.25, -0.2) is 4.98 Å². The number of rotatable bonds is 7. The van der Waals surface area contributed by atoms with Gasteiger partial charge in [0.2, 0.25) is 0 Å². The summed E-state index contributed by atoms with van der Waals surface area (Å²) in [6, 6.07) is 5.86. The second-order valence-corrected chi connectivity index (χ2v) is 4.65. The van der Waals surface area contributed by atoms with Crippen LogP contribution in [0.15, 0.2) is 29.4 Å². The third-order valence-corrected chi connectivity index (χ3v) is 3.29. The summed E-state index contributed by atoms with van der Waals surface area (Å²) in [7, 11) is 4.92. The summed E-state index contributed by atoms with van der Waals surface area (Å²) in [6.45, 7) is 1.29. The maximum atomic E-state index is 5.29. The Labute approximate surface area is 92.0 Å². The molecule has 0 saturated heterocycles. The van der Waals surface area contributed by atoms with Crippen LogP contribution in [0.4, 0.5) is 0 Å². The Morgan fingerprint density at radius 3 is 3.00 bits per heavy atom. The van der Waals surface area contributed by atoms with Crippen LogP contribution in [0.2, 0.25) is 0 Å². The Balaban J connectivity index is 1.99. The first-order valence-corrected chi connectivity index (χ1v) is 6.52. The van der Waals surface area contributed by atoms with Gasteiger partial charge < -0.3 is 9.47 Å². The van der Waals surface area contributed by atoms with E-state index in [1.54, 1.807) is 34.9 Å². The summed E-state index contributed by atoms with van der Waals surface area (Å²) in [5.74, 6) is 0.657. The van der Waals surface area contributed by atoms with Crippen LogP contribution in [0.3, 0.4) is 0 Å². The molecule has 1 rings (SSSR count). The van der Waals surface area contributed by atoms with Crippen LogP contribution in [0.25, 0.3) is 0 Å². The molecule has 5 heteroatoms. The largest absolute Gasteiger partial charge is 0.382 e. The standard InChI is InChI=1S/C9H13NO2S2/c1-11-6-7-12-8-13-14-9-4-2-3-5-10-9/h2-5H,6-8H2,1H3. The van der Waals surface area contributed by atoms with Gasteiger partial charge in [-0.3, -0.25) is 0 Å². The van der Waals surface area contributed by atoms with E-state index in [0.29, 0.717) is 19.2 Å². The normalized spacial score (nSPS) is 10.4. The minimum atomic E-state index is 0.645. The SMILES string of the molecule is COCCOCSSc1ccccn1. The summed E-state index contributed by atoms with van der Waals surface area (Å²) in [5, 5.41) is 1.01. The first kappa shape index (κ1) is 11.8. The lowest BCUT2D eigenvalue weighted by atomic mass is 10.5. The highest BCUT2D eigenvalue weighted by atomic mass is 33.1. The fourth-order valence-electron chi connectivity index (χ4n) is 0.716. The molecule has 0 amide bonds. The zero-order chi connectivity index (χ0) is 10.1. The van der Waals surface area contributed by atoms with Gasteiger partial charge in [-0.1, -0.05) is 16.9 Å². The molecule has 0 aliphatic rings. The van der Waals surface area contributed by atoms with Crippen molar-refractivity contribution in [3.05, 3.63) is 24.4 Å². The molecule has 3 nitrogen and oxygen atoms in total. The maximum Gasteiger partial charge on any atom is 0.107 e. The van der Waals surface area contributed by atoms with Crippen molar-refractivity contribution in [3.8, 4) is 0 Å². The third-order valence-electron chi connectivity index (χ3n) is 1.35. The molecule has 0 aromatic carbocycles. The van der Waals surface area contributed by atoms with Gasteiger partial charge in [0.1, 0.15) is 11.0 Å². The van der Waals surface area contributed by atoms with Crippen LogP contribution in [0.5, 0.6) is 0 Å². The number of pyridine rings is 1. The van der Waals surface area contributed by atoms with Crippen LogP contribution in [-0.4, -0.2) is 31.2 Å². The van der Waals surface area contributed by atoms with Crippen molar-refractivity contribution >= 4 is 21.6 Å². The monoisotopic (exact) mass is 231 g/mol. The smallest absolute Gasteiger partial charge is 0.107 e. The van der Waals surface area contributed by atoms with E-state index in [-0.39, 0.29) is 0 Å². The molecular weight excluding hydrogens is 218 g/mol. The Hall–Kier alpha value is -0.230. The van der Waals surface area contributed by atoms with E-state index in [1.165, 1.54) is 0 Å². The molecule has 14 heavy (non-hydrogen) atoms. The second kappa shape index (κ2) is 8.11. The Morgan fingerprint density at radius 2 is 2.29 bits per heavy atom. The molecule has 1 aromatic rings. The predicted octanol–water partition coefficient (Wildman–Crippen LogP) is 2.44. The summed E-state index contributed by atoms with van der Waals surface area (Å²) in [6.07, 6.45) is 1.79. The number of ether oxygens (including phenoxy) is 2. The van der Waals surface area contributed by atoms with Gasteiger partial charge in [0.05, 0.1) is 13.2 Å². The zero-order valence-corrected chi connectivity index (χ0v) is 9.64. The van der Waals surface area contributed by atoms with Crippen LogP contribution < -0.4 is 0 Å². The number of methoxy groups -OCH3 is 1. The van der Waals surface area contributed by atoms with Crippen LogP contribution in [0.1, 0.15) is 0 Å². The predicted molar refractivity (Wildman–Crippen MR) is 60.4 cm³/mol. The van der Waals surface area contributed by atoms with Crippen LogP contribution in [0, 0.1) is 0 Å². The van der Waals surface area contributed by atoms with E-state index in [9.17, 15) is 0 Å². The molecule has 0 unspecified atom stereocenters.